The molecule has 1 aliphatic heterocycles. The lowest BCUT2D eigenvalue weighted by Crippen LogP contribution is -2.47. The summed E-state index contributed by atoms with van der Waals surface area (Å²) in [5, 5.41) is 0. The van der Waals surface area contributed by atoms with Crippen molar-refractivity contribution in [3.05, 3.63) is 77.6 Å². The second kappa shape index (κ2) is 9.55. The van der Waals surface area contributed by atoms with Gasteiger partial charge in [-0.2, -0.15) is 0 Å². The number of carbonyl (C=O) groups excluding carboxylic acids is 1. The third-order valence-corrected chi connectivity index (χ3v) is 6.98. The number of aryl methyl sites for hydroxylation is 2. The Morgan fingerprint density at radius 2 is 1.66 bits per heavy atom. The predicted molar refractivity (Wildman–Crippen MR) is 140 cm³/mol. The fraction of sp³-hybridized carbons (Fsp3) is 0.310. The quantitative estimate of drug-likeness (QED) is 0.416. The minimum Gasteiger partial charge on any atom is -0.497 e. The van der Waals surface area contributed by atoms with Crippen LogP contribution in [0.5, 0.6) is 5.75 Å². The highest BCUT2D eigenvalue weighted by molar-refractivity contribution is 5.73. The highest BCUT2D eigenvalue weighted by Crippen LogP contribution is 2.31. The van der Waals surface area contributed by atoms with Crippen molar-refractivity contribution in [2.75, 3.05) is 33.3 Å². The van der Waals surface area contributed by atoms with Crippen LogP contribution in [0.15, 0.2) is 60.8 Å². The highest BCUT2D eigenvalue weighted by atomic mass is 16.5. The molecule has 5 rings (SSSR count). The molecule has 0 unspecified atom stereocenters. The maximum Gasteiger partial charge on any atom is 0.219 e. The number of aromatic nitrogens is 2. The number of rotatable bonds is 5. The molecule has 180 valence electrons. The zero-order valence-corrected chi connectivity index (χ0v) is 20.9. The smallest absolute Gasteiger partial charge is 0.219 e. The average Bonchev–Trinajstić information content (AvgIpc) is 3.23. The molecular formula is C29H32N4O2. The molecule has 0 saturated carbocycles. The second-order valence-corrected chi connectivity index (χ2v) is 9.38. The third kappa shape index (κ3) is 4.66. The number of nitrogens with zero attached hydrogens (tertiary/aromatic N) is 4. The Morgan fingerprint density at radius 1 is 0.943 bits per heavy atom. The maximum absolute atomic E-state index is 11.8. The van der Waals surface area contributed by atoms with Gasteiger partial charge in [0.1, 0.15) is 11.4 Å². The van der Waals surface area contributed by atoms with Gasteiger partial charge in [-0.05, 0) is 66.9 Å². The van der Waals surface area contributed by atoms with E-state index in [1.807, 2.05) is 17.0 Å². The molecular weight excluding hydrogens is 436 g/mol. The van der Waals surface area contributed by atoms with Crippen LogP contribution in [-0.4, -0.2) is 58.4 Å². The Kier molecular flexibility index (Phi) is 6.31. The molecule has 6 heteroatoms. The van der Waals surface area contributed by atoms with Crippen molar-refractivity contribution in [3.63, 3.8) is 0 Å². The maximum atomic E-state index is 11.8. The van der Waals surface area contributed by atoms with Crippen LogP contribution in [0.3, 0.4) is 0 Å². The number of piperazine rings is 1. The predicted octanol–water partition coefficient (Wildman–Crippen LogP) is 4.96. The topological polar surface area (TPSA) is 50.1 Å². The van der Waals surface area contributed by atoms with Crippen molar-refractivity contribution in [1.29, 1.82) is 0 Å². The molecule has 0 spiro atoms. The van der Waals surface area contributed by atoms with E-state index < -0.39 is 0 Å². The molecule has 2 aromatic carbocycles. The molecule has 0 bridgehead atoms. The number of amides is 1. The minimum atomic E-state index is 0.150. The molecule has 4 aromatic rings. The molecule has 0 radical (unpaired) electrons. The van der Waals surface area contributed by atoms with Crippen molar-refractivity contribution in [2.24, 2.45) is 0 Å². The van der Waals surface area contributed by atoms with E-state index >= 15 is 0 Å². The van der Waals surface area contributed by atoms with E-state index in [1.54, 1.807) is 14.0 Å². The first-order chi connectivity index (χ1) is 16.9. The number of carbonyl (C=O) groups is 1. The van der Waals surface area contributed by atoms with Crippen LogP contribution in [-0.2, 0) is 11.3 Å². The standard InChI is InChI=1S/C29H32N4O2/c1-20-5-6-21(2)26(17-20)24-9-12-28-30-29(23-7-10-25(35-4)11-8-23)27(33(28)18-24)19-31-13-15-32(16-14-31)22(3)34/h5-12,17-18H,13-16,19H2,1-4H3. The molecule has 0 N–H and O–H groups in total. The minimum absolute atomic E-state index is 0.150. The van der Waals surface area contributed by atoms with E-state index in [1.165, 1.54) is 22.3 Å². The summed E-state index contributed by atoms with van der Waals surface area (Å²) < 4.78 is 7.61. The van der Waals surface area contributed by atoms with Crippen molar-refractivity contribution < 1.29 is 9.53 Å². The number of hydrogen-bond donors (Lipinski definition) is 0. The van der Waals surface area contributed by atoms with Crippen LogP contribution in [0.4, 0.5) is 0 Å². The number of imidazole rings is 1. The molecule has 0 atom stereocenters. The summed E-state index contributed by atoms with van der Waals surface area (Å²) >= 11 is 0. The first-order valence-electron chi connectivity index (χ1n) is 12.1. The van der Waals surface area contributed by atoms with E-state index in [-0.39, 0.29) is 5.91 Å². The van der Waals surface area contributed by atoms with Crippen molar-refractivity contribution in [1.82, 2.24) is 19.2 Å². The third-order valence-electron chi connectivity index (χ3n) is 6.98. The number of benzene rings is 2. The molecule has 35 heavy (non-hydrogen) atoms. The van der Waals surface area contributed by atoms with Crippen LogP contribution in [0.1, 0.15) is 23.7 Å². The van der Waals surface area contributed by atoms with Crippen LogP contribution in [0.2, 0.25) is 0 Å². The Bertz CT molecular complexity index is 1370. The lowest BCUT2D eigenvalue weighted by atomic mass is 10.00. The largest absolute Gasteiger partial charge is 0.497 e. The Balaban J connectivity index is 1.58. The first kappa shape index (κ1) is 23.1. The normalized spacial score (nSPS) is 14.5. The fourth-order valence-electron chi connectivity index (χ4n) is 4.86. The highest BCUT2D eigenvalue weighted by Gasteiger charge is 2.22. The van der Waals surface area contributed by atoms with Crippen molar-refractivity contribution in [2.45, 2.75) is 27.3 Å². The summed E-state index contributed by atoms with van der Waals surface area (Å²) in [6.07, 6.45) is 2.22. The summed E-state index contributed by atoms with van der Waals surface area (Å²) in [6.45, 7) is 9.94. The van der Waals surface area contributed by atoms with Crippen LogP contribution < -0.4 is 4.74 Å². The molecule has 1 fully saturated rings. The zero-order chi connectivity index (χ0) is 24.5. The van der Waals surface area contributed by atoms with Gasteiger partial charge in [0.05, 0.1) is 18.5 Å². The molecule has 1 aliphatic rings. The van der Waals surface area contributed by atoms with Gasteiger partial charge in [-0.1, -0.05) is 23.8 Å². The number of ether oxygens (including phenoxy) is 1. The number of hydrogen-bond acceptors (Lipinski definition) is 4. The van der Waals surface area contributed by atoms with Gasteiger partial charge in [0.25, 0.3) is 0 Å². The van der Waals surface area contributed by atoms with E-state index in [9.17, 15) is 4.79 Å². The van der Waals surface area contributed by atoms with Crippen LogP contribution >= 0.6 is 0 Å². The second-order valence-electron chi connectivity index (χ2n) is 9.38. The first-order valence-corrected chi connectivity index (χ1v) is 12.1. The Hall–Kier alpha value is -3.64. The monoisotopic (exact) mass is 468 g/mol. The van der Waals surface area contributed by atoms with Gasteiger partial charge in [-0.25, -0.2) is 4.98 Å². The summed E-state index contributed by atoms with van der Waals surface area (Å²) in [7, 11) is 1.68. The lowest BCUT2D eigenvalue weighted by molar-refractivity contribution is -0.130. The van der Waals surface area contributed by atoms with Crippen molar-refractivity contribution >= 4 is 11.6 Å². The zero-order valence-electron chi connectivity index (χ0n) is 20.9. The van der Waals surface area contributed by atoms with Gasteiger partial charge in [-0.3, -0.25) is 9.69 Å². The van der Waals surface area contributed by atoms with E-state index in [0.717, 1.165) is 61.1 Å². The van der Waals surface area contributed by atoms with Crippen molar-refractivity contribution in [3.8, 4) is 28.1 Å². The van der Waals surface area contributed by atoms with E-state index in [4.69, 9.17) is 9.72 Å². The van der Waals surface area contributed by atoms with Gasteiger partial charge in [-0.15, -0.1) is 0 Å². The number of pyridine rings is 1. The molecule has 3 heterocycles. The summed E-state index contributed by atoms with van der Waals surface area (Å²) in [5.41, 5.74) is 9.08. The van der Waals surface area contributed by atoms with Gasteiger partial charge in [0.15, 0.2) is 0 Å². The van der Waals surface area contributed by atoms with E-state index in [0.29, 0.717) is 0 Å². The van der Waals surface area contributed by atoms with Crippen LogP contribution in [0, 0.1) is 13.8 Å². The number of methoxy groups -OCH3 is 1. The lowest BCUT2D eigenvalue weighted by Gasteiger charge is -2.34. The van der Waals surface area contributed by atoms with Gasteiger partial charge in [0, 0.05) is 51.4 Å². The summed E-state index contributed by atoms with van der Waals surface area (Å²) in [4.78, 5) is 21.2. The molecule has 2 aromatic heterocycles. The van der Waals surface area contributed by atoms with Crippen LogP contribution in [0.25, 0.3) is 28.0 Å². The van der Waals surface area contributed by atoms with Gasteiger partial charge in [0.2, 0.25) is 5.91 Å². The summed E-state index contributed by atoms with van der Waals surface area (Å²) in [5.74, 6) is 0.980. The average molecular weight is 469 g/mol. The van der Waals surface area contributed by atoms with Gasteiger partial charge < -0.3 is 14.0 Å². The Labute approximate surface area is 206 Å². The SMILES string of the molecule is COc1ccc(-c2nc3ccc(-c4cc(C)ccc4C)cn3c2CN2CCN(C(C)=O)CC2)cc1. The molecule has 1 saturated heterocycles. The van der Waals surface area contributed by atoms with E-state index in [2.05, 4.69) is 71.8 Å². The fourth-order valence-corrected chi connectivity index (χ4v) is 4.86. The number of fused-ring (bicyclic) bond motifs is 1. The van der Waals surface area contributed by atoms with Gasteiger partial charge >= 0.3 is 0 Å². The molecule has 0 aliphatic carbocycles. The Morgan fingerprint density at radius 3 is 2.34 bits per heavy atom. The summed E-state index contributed by atoms with van der Waals surface area (Å²) in [6, 6.07) is 19.0. The molecule has 1 amide bonds. The molecule has 6 nitrogen and oxygen atoms in total.